The summed E-state index contributed by atoms with van der Waals surface area (Å²) in [4.78, 5) is 0. The second-order valence-electron chi connectivity index (χ2n) is 4.26. The van der Waals surface area contributed by atoms with Crippen LogP contribution >= 0.6 is 15.9 Å². The van der Waals surface area contributed by atoms with Crippen molar-refractivity contribution in [2.24, 2.45) is 11.3 Å². The van der Waals surface area contributed by atoms with E-state index >= 15 is 0 Å². The number of hydrogen-bond acceptors (Lipinski definition) is 1. The van der Waals surface area contributed by atoms with Gasteiger partial charge >= 0.3 is 0 Å². The third-order valence-corrected chi connectivity index (χ3v) is 3.42. The highest BCUT2D eigenvalue weighted by molar-refractivity contribution is 9.09. The van der Waals surface area contributed by atoms with Gasteiger partial charge in [0.15, 0.2) is 0 Å². The molecule has 0 aliphatic heterocycles. The van der Waals surface area contributed by atoms with E-state index in [0.717, 1.165) is 24.5 Å². The quantitative estimate of drug-likeness (QED) is 0.648. The van der Waals surface area contributed by atoms with Gasteiger partial charge in [0.2, 0.25) is 0 Å². The first-order chi connectivity index (χ1) is 5.14. The Morgan fingerprint density at radius 2 is 2.09 bits per heavy atom. The molecule has 0 atom stereocenters. The van der Waals surface area contributed by atoms with E-state index in [1.807, 2.05) is 0 Å². The average molecular weight is 221 g/mol. The lowest BCUT2D eigenvalue weighted by Gasteiger charge is -2.20. The average Bonchev–Trinajstić information content (AvgIpc) is 2.71. The first-order valence-corrected chi connectivity index (χ1v) is 5.40. The highest BCUT2D eigenvalue weighted by Crippen LogP contribution is 2.29. The van der Waals surface area contributed by atoms with Crippen molar-refractivity contribution in [3.8, 4) is 0 Å². The molecule has 1 aliphatic carbocycles. The van der Waals surface area contributed by atoms with E-state index in [9.17, 15) is 0 Å². The summed E-state index contributed by atoms with van der Waals surface area (Å²) in [5, 5.41) is 1.02. The van der Waals surface area contributed by atoms with Crippen molar-refractivity contribution >= 4 is 15.9 Å². The van der Waals surface area contributed by atoms with Crippen LogP contribution in [0.1, 0.15) is 26.7 Å². The summed E-state index contributed by atoms with van der Waals surface area (Å²) >= 11 is 3.47. The Bertz CT molecular complexity index is 119. The van der Waals surface area contributed by atoms with Crippen LogP contribution in [0.4, 0.5) is 0 Å². The molecule has 66 valence electrons. The van der Waals surface area contributed by atoms with Crippen LogP contribution < -0.4 is 0 Å². The normalized spacial score (nSPS) is 18.8. The standard InChI is InChI=1S/C9H17BrO/c1-9(2,6-10)7-11-5-8-3-4-8/h8H,3-7H2,1-2H3. The minimum atomic E-state index is 0.300. The van der Waals surface area contributed by atoms with Gasteiger partial charge in [-0.25, -0.2) is 0 Å². The fourth-order valence-corrected chi connectivity index (χ4v) is 0.987. The van der Waals surface area contributed by atoms with E-state index in [0.29, 0.717) is 5.41 Å². The highest BCUT2D eigenvalue weighted by Gasteiger charge is 2.23. The Kier molecular flexibility index (Phi) is 3.38. The summed E-state index contributed by atoms with van der Waals surface area (Å²) in [5.41, 5.74) is 0.300. The van der Waals surface area contributed by atoms with Crippen molar-refractivity contribution in [1.29, 1.82) is 0 Å². The van der Waals surface area contributed by atoms with E-state index in [-0.39, 0.29) is 0 Å². The van der Waals surface area contributed by atoms with Gasteiger partial charge in [0.05, 0.1) is 6.61 Å². The van der Waals surface area contributed by atoms with Gasteiger partial charge in [-0.3, -0.25) is 0 Å². The summed E-state index contributed by atoms with van der Waals surface area (Å²) in [7, 11) is 0. The number of rotatable bonds is 5. The predicted octanol–water partition coefficient (Wildman–Crippen LogP) is 2.83. The monoisotopic (exact) mass is 220 g/mol. The molecule has 0 unspecified atom stereocenters. The SMILES string of the molecule is CC(C)(CBr)COCC1CC1. The molecular formula is C9H17BrO. The van der Waals surface area contributed by atoms with Crippen LogP contribution in [-0.2, 0) is 4.74 Å². The van der Waals surface area contributed by atoms with Crippen LogP contribution in [0, 0.1) is 11.3 Å². The van der Waals surface area contributed by atoms with Crippen LogP contribution in [0.25, 0.3) is 0 Å². The minimum absolute atomic E-state index is 0.300. The topological polar surface area (TPSA) is 9.23 Å². The molecule has 0 saturated heterocycles. The minimum Gasteiger partial charge on any atom is -0.381 e. The molecular weight excluding hydrogens is 204 g/mol. The Labute approximate surface area is 77.6 Å². The van der Waals surface area contributed by atoms with Crippen LogP contribution in [0.2, 0.25) is 0 Å². The third kappa shape index (κ3) is 4.12. The molecule has 0 aromatic carbocycles. The van der Waals surface area contributed by atoms with Crippen molar-refractivity contribution in [2.75, 3.05) is 18.5 Å². The van der Waals surface area contributed by atoms with E-state index in [1.165, 1.54) is 12.8 Å². The van der Waals surface area contributed by atoms with E-state index in [1.54, 1.807) is 0 Å². The molecule has 2 heteroatoms. The zero-order valence-corrected chi connectivity index (χ0v) is 8.99. The van der Waals surface area contributed by atoms with Crippen molar-refractivity contribution < 1.29 is 4.74 Å². The molecule has 1 fully saturated rings. The lowest BCUT2D eigenvalue weighted by atomic mass is 9.98. The Morgan fingerprint density at radius 1 is 1.45 bits per heavy atom. The smallest absolute Gasteiger partial charge is 0.0525 e. The van der Waals surface area contributed by atoms with Gasteiger partial charge in [0, 0.05) is 11.9 Å². The van der Waals surface area contributed by atoms with Crippen LogP contribution in [-0.4, -0.2) is 18.5 Å². The molecule has 0 amide bonds. The Hall–Kier alpha value is 0.440. The maximum absolute atomic E-state index is 5.58. The lowest BCUT2D eigenvalue weighted by molar-refractivity contribution is 0.0670. The van der Waals surface area contributed by atoms with Gasteiger partial charge in [-0.2, -0.15) is 0 Å². The van der Waals surface area contributed by atoms with E-state index in [4.69, 9.17) is 4.74 Å². The number of hydrogen-bond donors (Lipinski definition) is 0. The molecule has 1 saturated carbocycles. The highest BCUT2D eigenvalue weighted by atomic mass is 79.9. The number of alkyl halides is 1. The van der Waals surface area contributed by atoms with E-state index < -0.39 is 0 Å². The predicted molar refractivity (Wildman–Crippen MR) is 51.1 cm³/mol. The van der Waals surface area contributed by atoms with Gasteiger partial charge in [-0.15, -0.1) is 0 Å². The van der Waals surface area contributed by atoms with Crippen molar-refractivity contribution in [3.63, 3.8) is 0 Å². The van der Waals surface area contributed by atoms with Gasteiger partial charge in [-0.1, -0.05) is 29.8 Å². The molecule has 0 N–H and O–H groups in total. The second-order valence-corrected chi connectivity index (χ2v) is 4.82. The molecule has 1 nitrogen and oxygen atoms in total. The van der Waals surface area contributed by atoms with Gasteiger partial charge in [-0.05, 0) is 24.2 Å². The van der Waals surface area contributed by atoms with Gasteiger partial charge in [0.25, 0.3) is 0 Å². The Balaban J connectivity index is 1.99. The van der Waals surface area contributed by atoms with Crippen molar-refractivity contribution in [3.05, 3.63) is 0 Å². The molecule has 0 bridgehead atoms. The zero-order chi connectivity index (χ0) is 8.32. The Morgan fingerprint density at radius 3 is 2.55 bits per heavy atom. The lowest BCUT2D eigenvalue weighted by Crippen LogP contribution is -2.21. The number of ether oxygens (including phenoxy) is 1. The zero-order valence-electron chi connectivity index (χ0n) is 7.40. The van der Waals surface area contributed by atoms with Crippen molar-refractivity contribution in [1.82, 2.24) is 0 Å². The third-order valence-electron chi connectivity index (χ3n) is 1.91. The molecule has 1 rings (SSSR count). The summed E-state index contributed by atoms with van der Waals surface area (Å²) in [6, 6.07) is 0. The summed E-state index contributed by atoms with van der Waals surface area (Å²) < 4.78 is 5.58. The van der Waals surface area contributed by atoms with Gasteiger partial charge < -0.3 is 4.74 Å². The fourth-order valence-electron chi connectivity index (χ4n) is 0.825. The van der Waals surface area contributed by atoms with Crippen LogP contribution in [0.3, 0.4) is 0 Å². The molecule has 0 radical (unpaired) electrons. The maximum atomic E-state index is 5.58. The summed E-state index contributed by atoms with van der Waals surface area (Å²) in [6.07, 6.45) is 2.77. The van der Waals surface area contributed by atoms with Crippen LogP contribution in [0.5, 0.6) is 0 Å². The van der Waals surface area contributed by atoms with E-state index in [2.05, 4.69) is 29.8 Å². The maximum Gasteiger partial charge on any atom is 0.0525 e. The molecule has 0 heterocycles. The van der Waals surface area contributed by atoms with Crippen LogP contribution in [0.15, 0.2) is 0 Å². The first-order valence-electron chi connectivity index (χ1n) is 4.28. The molecule has 11 heavy (non-hydrogen) atoms. The second kappa shape index (κ2) is 3.90. The van der Waals surface area contributed by atoms with Crippen molar-refractivity contribution in [2.45, 2.75) is 26.7 Å². The summed E-state index contributed by atoms with van der Waals surface area (Å²) in [6.45, 7) is 6.30. The van der Waals surface area contributed by atoms with Gasteiger partial charge in [0.1, 0.15) is 0 Å². The number of halogens is 1. The molecule has 0 aromatic heterocycles. The molecule has 0 spiro atoms. The molecule has 1 aliphatic rings. The first kappa shape index (κ1) is 9.53. The fraction of sp³-hybridized carbons (Fsp3) is 1.00. The summed E-state index contributed by atoms with van der Waals surface area (Å²) in [5.74, 6) is 0.890. The largest absolute Gasteiger partial charge is 0.381 e. The molecule has 0 aromatic rings.